The Balaban J connectivity index is 1.54. The van der Waals surface area contributed by atoms with Crippen molar-refractivity contribution >= 4 is 34.9 Å². The smallest absolute Gasteiger partial charge is 0.243 e. The standard InChI is InChI=1S/C33H37Cl2F2N5O3/c1-31(2,3)14-25-33(17-38,22-10-9-19(34)13-24(22)36)27(21-7-6-8-23(35)28(21)37)29(39-25)30(43)40-26-11-12-42(41-26)18-32(4,5)45-16-20-15-44-20/h6-13,20,25,27,29,39H,14-16,18H2,1-5H3,(H,40,41,43). The lowest BCUT2D eigenvalue weighted by Gasteiger charge is -2.37. The van der Waals surface area contributed by atoms with Crippen molar-refractivity contribution in [2.45, 2.75) is 82.7 Å². The molecule has 3 heterocycles. The van der Waals surface area contributed by atoms with Crippen molar-refractivity contribution < 1.29 is 23.0 Å². The summed E-state index contributed by atoms with van der Waals surface area (Å²) in [5.74, 6) is -2.99. The second-order valence-corrected chi connectivity index (χ2v) is 14.4. The fourth-order valence-electron chi connectivity index (χ4n) is 6.20. The maximum absolute atomic E-state index is 15.9. The molecule has 0 aliphatic carbocycles. The number of amides is 1. The van der Waals surface area contributed by atoms with E-state index in [1.807, 2.05) is 34.6 Å². The van der Waals surface area contributed by atoms with E-state index in [2.05, 4.69) is 21.8 Å². The van der Waals surface area contributed by atoms with Gasteiger partial charge in [-0.2, -0.15) is 10.4 Å². The molecule has 8 nitrogen and oxygen atoms in total. The highest BCUT2D eigenvalue weighted by atomic mass is 35.5. The van der Waals surface area contributed by atoms with Crippen LogP contribution in [0.2, 0.25) is 10.0 Å². The van der Waals surface area contributed by atoms with Crippen LogP contribution in [0, 0.1) is 28.4 Å². The fraction of sp³-hybridized carbons (Fsp3) is 0.485. The number of ether oxygens (including phenoxy) is 2. The number of nitriles is 1. The molecule has 2 saturated heterocycles. The van der Waals surface area contributed by atoms with Gasteiger partial charge in [-0.05, 0) is 49.4 Å². The van der Waals surface area contributed by atoms with E-state index in [0.29, 0.717) is 26.2 Å². The van der Waals surface area contributed by atoms with Crippen LogP contribution in [0.5, 0.6) is 0 Å². The molecule has 1 amide bonds. The first-order valence-electron chi connectivity index (χ1n) is 14.8. The van der Waals surface area contributed by atoms with Crippen LogP contribution in [-0.4, -0.2) is 52.7 Å². The average Bonchev–Trinajstić information content (AvgIpc) is 3.61. The highest BCUT2D eigenvalue weighted by Crippen LogP contribution is 2.52. The third-order valence-corrected chi connectivity index (χ3v) is 8.76. The predicted molar refractivity (Wildman–Crippen MR) is 168 cm³/mol. The van der Waals surface area contributed by atoms with Gasteiger partial charge >= 0.3 is 0 Å². The van der Waals surface area contributed by atoms with Crippen LogP contribution in [0.3, 0.4) is 0 Å². The summed E-state index contributed by atoms with van der Waals surface area (Å²) in [6.07, 6.45) is 2.20. The molecule has 45 heavy (non-hydrogen) atoms. The van der Waals surface area contributed by atoms with Gasteiger partial charge < -0.3 is 20.1 Å². The minimum Gasteiger partial charge on any atom is -0.371 e. The number of aromatic nitrogens is 2. The molecule has 2 aromatic carbocycles. The van der Waals surface area contributed by atoms with Crippen LogP contribution in [0.4, 0.5) is 14.6 Å². The number of benzene rings is 2. The predicted octanol–water partition coefficient (Wildman–Crippen LogP) is 6.62. The summed E-state index contributed by atoms with van der Waals surface area (Å²) in [6, 6.07) is 10.5. The molecule has 0 spiro atoms. The van der Waals surface area contributed by atoms with Gasteiger partial charge in [-0.1, -0.05) is 62.2 Å². The molecule has 240 valence electrons. The summed E-state index contributed by atoms with van der Waals surface area (Å²) in [5, 5.41) is 21.6. The van der Waals surface area contributed by atoms with Crippen molar-refractivity contribution in [3.05, 3.63) is 81.5 Å². The third kappa shape index (κ3) is 7.18. The summed E-state index contributed by atoms with van der Waals surface area (Å²) >= 11 is 12.3. The van der Waals surface area contributed by atoms with Crippen LogP contribution in [0.1, 0.15) is 58.1 Å². The summed E-state index contributed by atoms with van der Waals surface area (Å²) < 4.78 is 44.5. The molecule has 0 radical (unpaired) electrons. The van der Waals surface area contributed by atoms with Crippen molar-refractivity contribution in [1.82, 2.24) is 15.1 Å². The Bertz CT molecular complexity index is 1610. The van der Waals surface area contributed by atoms with Gasteiger partial charge in [0.15, 0.2) is 5.82 Å². The van der Waals surface area contributed by atoms with Crippen molar-refractivity contribution in [2.75, 3.05) is 18.5 Å². The lowest BCUT2D eigenvalue weighted by Crippen LogP contribution is -2.45. The van der Waals surface area contributed by atoms with Crippen molar-refractivity contribution in [3.63, 3.8) is 0 Å². The average molecular weight is 661 g/mol. The summed E-state index contributed by atoms with van der Waals surface area (Å²) in [7, 11) is 0. The monoisotopic (exact) mass is 659 g/mol. The van der Waals surface area contributed by atoms with E-state index in [-0.39, 0.29) is 38.5 Å². The first kappa shape index (κ1) is 33.3. The molecule has 12 heteroatoms. The number of carbonyl (C=O) groups is 1. The molecule has 3 aromatic rings. The number of hydrogen-bond acceptors (Lipinski definition) is 6. The van der Waals surface area contributed by atoms with Gasteiger partial charge in [-0.3, -0.25) is 9.48 Å². The Morgan fingerprint density at radius 2 is 1.96 bits per heavy atom. The van der Waals surface area contributed by atoms with E-state index >= 15 is 8.78 Å². The van der Waals surface area contributed by atoms with E-state index in [1.165, 1.54) is 24.3 Å². The number of epoxide rings is 1. The van der Waals surface area contributed by atoms with Gasteiger partial charge in [-0.15, -0.1) is 0 Å². The lowest BCUT2D eigenvalue weighted by atomic mass is 9.62. The molecule has 5 unspecified atom stereocenters. The zero-order valence-electron chi connectivity index (χ0n) is 25.8. The molecule has 0 saturated carbocycles. The maximum atomic E-state index is 15.9. The minimum absolute atomic E-state index is 0.0129. The molecule has 2 N–H and O–H groups in total. The fourth-order valence-corrected chi connectivity index (χ4v) is 6.54. The molecule has 2 fully saturated rings. The molecule has 1 aromatic heterocycles. The highest BCUT2D eigenvalue weighted by molar-refractivity contribution is 6.31. The van der Waals surface area contributed by atoms with E-state index in [9.17, 15) is 10.1 Å². The molecular weight excluding hydrogens is 623 g/mol. The number of nitrogens with zero attached hydrogens (tertiary/aromatic N) is 3. The van der Waals surface area contributed by atoms with Gasteiger partial charge in [0.25, 0.3) is 0 Å². The second kappa shape index (κ2) is 12.6. The molecule has 0 bridgehead atoms. The van der Waals surface area contributed by atoms with Gasteiger partial charge in [0.05, 0.1) is 42.5 Å². The van der Waals surface area contributed by atoms with Gasteiger partial charge in [0.2, 0.25) is 5.91 Å². The number of nitrogens with one attached hydrogen (secondary N) is 2. The normalized spacial score (nSPS) is 24.8. The van der Waals surface area contributed by atoms with Crippen LogP contribution < -0.4 is 10.6 Å². The van der Waals surface area contributed by atoms with E-state index in [0.717, 1.165) is 6.07 Å². The van der Waals surface area contributed by atoms with Crippen LogP contribution >= 0.6 is 23.2 Å². The first-order chi connectivity index (χ1) is 21.1. The van der Waals surface area contributed by atoms with E-state index in [4.69, 9.17) is 32.7 Å². The van der Waals surface area contributed by atoms with Crippen LogP contribution in [0.25, 0.3) is 0 Å². The largest absolute Gasteiger partial charge is 0.371 e. The molecule has 5 atom stereocenters. The summed E-state index contributed by atoms with van der Waals surface area (Å²) in [4.78, 5) is 14.1. The minimum atomic E-state index is -1.72. The Morgan fingerprint density at radius 3 is 2.60 bits per heavy atom. The highest BCUT2D eigenvalue weighted by Gasteiger charge is 2.61. The number of anilines is 1. The zero-order valence-corrected chi connectivity index (χ0v) is 27.3. The molecular formula is C33H37Cl2F2N5O3. The van der Waals surface area contributed by atoms with Gasteiger partial charge in [0.1, 0.15) is 23.2 Å². The number of rotatable bonds is 10. The van der Waals surface area contributed by atoms with Crippen molar-refractivity contribution in [3.8, 4) is 6.07 Å². The van der Waals surface area contributed by atoms with E-state index < -0.39 is 46.6 Å². The third-order valence-electron chi connectivity index (χ3n) is 8.23. The zero-order chi connectivity index (χ0) is 32.7. The van der Waals surface area contributed by atoms with Crippen molar-refractivity contribution in [1.29, 1.82) is 5.26 Å². The molecule has 5 rings (SSSR count). The Morgan fingerprint density at radius 1 is 1.22 bits per heavy atom. The van der Waals surface area contributed by atoms with E-state index in [1.54, 1.807) is 23.0 Å². The second-order valence-electron chi connectivity index (χ2n) is 13.6. The number of carbonyl (C=O) groups excluding carboxylic acids is 1. The summed E-state index contributed by atoms with van der Waals surface area (Å²) in [5.41, 5.74) is -2.59. The number of hydrogen-bond donors (Lipinski definition) is 2. The van der Waals surface area contributed by atoms with Crippen LogP contribution in [-0.2, 0) is 26.2 Å². The van der Waals surface area contributed by atoms with Crippen molar-refractivity contribution in [2.24, 2.45) is 5.41 Å². The SMILES string of the molecule is CC(C)(C)CC1NC(C(=O)Nc2ccn(CC(C)(C)OCC3CO3)n2)C(c2cccc(Cl)c2F)C1(C#N)c1ccc(Cl)cc1F. The first-order valence-corrected chi connectivity index (χ1v) is 15.6. The maximum Gasteiger partial charge on any atom is 0.243 e. The van der Waals surface area contributed by atoms with Crippen LogP contribution in [0.15, 0.2) is 48.7 Å². The van der Waals surface area contributed by atoms with Gasteiger partial charge in [0, 0.05) is 34.8 Å². The molecule has 2 aliphatic heterocycles. The molecule has 2 aliphatic rings. The topological polar surface area (TPSA) is 104 Å². The number of halogens is 4. The van der Waals surface area contributed by atoms with Gasteiger partial charge in [-0.25, -0.2) is 8.78 Å². The Labute approximate surface area is 272 Å². The Hall–Kier alpha value is -3.07. The Kier molecular flexibility index (Phi) is 9.33. The quantitative estimate of drug-likeness (QED) is 0.237. The lowest BCUT2D eigenvalue weighted by molar-refractivity contribution is -0.118. The summed E-state index contributed by atoms with van der Waals surface area (Å²) in [6.45, 7) is 11.4.